The lowest BCUT2D eigenvalue weighted by Gasteiger charge is -2.09. The second kappa shape index (κ2) is 6.60. The molecule has 0 spiro atoms. The first kappa shape index (κ1) is 16.7. The topological polar surface area (TPSA) is 75.3 Å². The lowest BCUT2D eigenvalue weighted by atomic mass is 10.1. The first-order chi connectivity index (χ1) is 10.3. The number of halogens is 1. The zero-order valence-corrected chi connectivity index (χ0v) is 14.5. The molecule has 0 bridgehead atoms. The maximum absolute atomic E-state index is 12.2. The van der Waals surface area contributed by atoms with Gasteiger partial charge < -0.3 is 5.32 Å². The largest absolute Gasteiger partial charge is 0.322 e. The summed E-state index contributed by atoms with van der Waals surface area (Å²) >= 11 is 3.36. The Morgan fingerprint density at radius 3 is 2.32 bits per heavy atom. The van der Waals surface area contributed by atoms with Gasteiger partial charge in [0.25, 0.3) is 5.91 Å². The molecule has 2 rings (SSSR count). The Hall–Kier alpha value is -1.70. The molecular weight excluding hydrogens is 368 g/mol. The predicted octanol–water partition coefficient (Wildman–Crippen LogP) is 2.92. The van der Waals surface area contributed by atoms with Crippen LogP contribution in [0.1, 0.15) is 15.9 Å². The van der Waals surface area contributed by atoms with Crippen molar-refractivity contribution in [2.75, 3.05) is 12.4 Å². The first-order valence-corrected chi connectivity index (χ1v) is 8.72. The highest BCUT2D eigenvalue weighted by molar-refractivity contribution is 9.10. The molecule has 2 aromatic rings. The van der Waals surface area contributed by atoms with Gasteiger partial charge in [0.05, 0.1) is 4.90 Å². The van der Waals surface area contributed by atoms with Crippen molar-refractivity contribution in [3.05, 3.63) is 58.1 Å². The molecule has 0 radical (unpaired) electrons. The molecule has 116 valence electrons. The van der Waals surface area contributed by atoms with Gasteiger partial charge >= 0.3 is 0 Å². The highest BCUT2D eigenvalue weighted by Crippen LogP contribution is 2.21. The number of rotatable bonds is 4. The number of nitrogens with one attached hydrogen (secondary N) is 2. The lowest BCUT2D eigenvalue weighted by Crippen LogP contribution is -2.19. The van der Waals surface area contributed by atoms with Crippen molar-refractivity contribution in [1.29, 1.82) is 0 Å². The van der Waals surface area contributed by atoms with Crippen molar-refractivity contribution in [2.24, 2.45) is 0 Å². The highest BCUT2D eigenvalue weighted by atomic mass is 79.9. The molecule has 5 nitrogen and oxygen atoms in total. The van der Waals surface area contributed by atoms with Gasteiger partial charge in [-0.3, -0.25) is 4.79 Å². The normalized spacial score (nSPS) is 11.2. The lowest BCUT2D eigenvalue weighted by molar-refractivity contribution is 0.102. The monoisotopic (exact) mass is 382 g/mol. The molecule has 2 N–H and O–H groups in total. The van der Waals surface area contributed by atoms with Gasteiger partial charge in [-0.05, 0) is 55.9 Å². The number of carbonyl (C=O) groups is 1. The number of anilines is 1. The second-order valence-corrected chi connectivity index (χ2v) is 7.45. The van der Waals surface area contributed by atoms with Crippen LogP contribution < -0.4 is 10.0 Å². The average Bonchev–Trinajstić information content (AvgIpc) is 2.51. The number of benzene rings is 2. The molecule has 0 unspecified atom stereocenters. The van der Waals surface area contributed by atoms with Gasteiger partial charge in [-0.2, -0.15) is 0 Å². The molecule has 7 heteroatoms. The van der Waals surface area contributed by atoms with Crippen molar-refractivity contribution < 1.29 is 13.2 Å². The maximum Gasteiger partial charge on any atom is 0.255 e. The van der Waals surface area contributed by atoms with Crippen molar-refractivity contribution in [3.8, 4) is 0 Å². The van der Waals surface area contributed by atoms with E-state index in [1.54, 1.807) is 0 Å². The second-order valence-electron chi connectivity index (χ2n) is 4.65. The summed E-state index contributed by atoms with van der Waals surface area (Å²) in [7, 11) is -2.16. The molecule has 0 aromatic heterocycles. The van der Waals surface area contributed by atoms with Crippen molar-refractivity contribution in [3.63, 3.8) is 0 Å². The Kier molecular flexibility index (Phi) is 5.00. The molecule has 2 aromatic carbocycles. The zero-order chi connectivity index (χ0) is 16.3. The summed E-state index contributed by atoms with van der Waals surface area (Å²) in [5.74, 6) is -0.297. The standard InChI is InChI=1S/C15H15BrN2O3S/c1-10-3-6-12(16)9-14(10)18-15(19)11-4-7-13(8-5-11)22(20,21)17-2/h3-9,17H,1-2H3,(H,18,19). The summed E-state index contributed by atoms with van der Waals surface area (Å²) in [4.78, 5) is 12.3. The third kappa shape index (κ3) is 3.73. The summed E-state index contributed by atoms with van der Waals surface area (Å²) in [6.07, 6.45) is 0. The summed E-state index contributed by atoms with van der Waals surface area (Å²) in [5, 5.41) is 2.81. The van der Waals surface area contributed by atoms with Gasteiger partial charge in [0.1, 0.15) is 0 Å². The number of aryl methyl sites for hydroxylation is 1. The Morgan fingerprint density at radius 1 is 1.09 bits per heavy atom. The third-order valence-corrected chi connectivity index (χ3v) is 5.07. The molecule has 0 aliphatic rings. The molecule has 0 saturated heterocycles. The zero-order valence-electron chi connectivity index (χ0n) is 12.1. The summed E-state index contributed by atoms with van der Waals surface area (Å²) < 4.78 is 26.4. The number of carbonyl (C=O) groups excluding carboxylic acids is 1. The van der Waals surface area contributed by atoms with Crippen LogP contribution in [-0.4, -0.2) is 21.4 Å². The fraction of sp³-hybridized carbons (Fsp3) is 0.133. The fourth-order valence-corrected chi connectivity index (χ4v) is 2.92. The molecule has 22 heavy (non-hydrogen) atoms. The van der Waals surface area contributed by atoms with Crippen molar-refractivity contribution >= 4 is 37.5 Å². The highest BCUT2D eigenvalue weighted by Gasteiger charge is 2.13. The van der Waals surface area contributed by atoms with Crippen LogP contribution in [-0.2, 0) is 10.0 Å². The van der Waals surface area contributed by atoms with E-state index >= 15 is 0 Å². The van der Waals surface area contributed by atoms with E-state index in [4.69, 9.17) is 0 Å². The summed E-state index contributed by atoms with van der Waals surface area (Å²) in [6.45, 7) is 1.89. The minimum atomic E-state index is -3.50. The van der Waals surface area contributed by atoms with Gasteiger partial charge in [-0.1, -0.05) is 22.0 Å². The molecule has 0 fully saturated rings. The molecule has 0 saturated carbocycles. The van der Waals surface area contributed by atoms with Crippen LogP contribution in [0.5, 0.6) is 0 Å². The molecule has 0 aliphatic carbocycles. The summed E-state index contributed by atoms with van der Waals surface area (Å²) in [6, 6.07) is 11.3. The van der Waals surface area contributed by atoms with Crippen LogP contribution in [0.15, 0.2) is 51.8 Å². The fourth-order valence-electron chi connectivity index (χ4n) is 1.83. The van der Waals surface area contributed by atoms with Crippen molar-refractivity contribution in [1.82, 2.24) is 4.72 Å². The third-order valence-electron chi connectivity index (χ3n) is 3.14. The van der Waals surface area contributed by atoms with Gasteiger partial charge in [0.15, 0.2) is 0 Å². The maximum atomic E-state index is 12.2. The van der Waals surface area contributed by atoms with Crippen LogP contribution in [0.3, 0.4) is 0 Å². The molecule has 0 aliphatic heterocycles. The molecular formula is C15H15BrN2O3S. The number of sulfonamides is 1. The SMILES string of the molecule is CNS(=O)(=O)c1ccc(C(=O)Nc2cc(Br)ccc2C)cc1. The summed E-state index contributed by atoms with van der Waals surface area (Å²) in [5.41, 5.74) is 2.02. The van der Waals surface area contributed by atoms with Gasteiger partial charge in [-0.25, -0.2) is 13.1 Å². The van der Waals surface area contributed by atoms with Crippen LogP contribution >= 0.6 is 15.9 Å². The van der Waals surface area contributed by atoms with E-state index < -0.39 is 10.0 Å². The number of amides is 1. The van der Waals surface area contributed by atoms with Gasteiger partial charge in [0.2, 0.25) is 10.0 Å². The Balaban J connectivity index is 2.22. The molecule has 0 atom stereocenters. The molecule has 0 heterocycles. The minimum Gasteiger partial charge on any atom is -0.322 e. The van der Waals surface area contributed by atoms with Crippen LogP contribution in [0.4, 0.5) is 5.69 Å². The van der Waals surface area contributed by atoms with E-state index in [0.717, 1.165) is 10.0 Å². The predicted molar refractivity (Wildman–Crippen MR) is 89.5 cm³/mol. The minimum absolute atomic E-state index is 0.116. The van der Waals surface area contributed by atoms with Crippen LogP contribution in [0.2, 0.25) is 0 Å². The van der Waals surface area contributed by atoms with Crippen LogP contribution in [0.25, 0.3) is 0 Å². The molecule has 1 amide bonds. The van der Waals surface area contributed by atoms with Crippen LogP contribution in [0, 0.1) is 6.92 Å². The van der Waals surface area contributed by atoms with E-state index in [0.29, 0.717) is 11.3 Å². The Labute approximate surface area is 137 Å². The smallest absolute Gasteiger partial charge is 0.255 e. The first-order valence-electron chi connectivity index (χ1n) is 6.44. The number of hydrogen-bond donors (Lipinski definition) is 2. The van der Waals surface area contributed by atoms with Crippen molar-refractivity contribution in [2.45, 2.75) is 11.8 Å². The Morgan fingerprint density at radius 2 is 1.73 bits per heavy atom. The number of hydrogen-bond acceptors (Lipinski definition) is 3. The van der Waals surface area contributed by atoms with E-state index in [-0.39, 0.29) is 10.8 Å². The quantitative estimate of drug-likeness (QED) is 0.853. The average molecular weight is 383 g/mol. The van der Waals surface area contributed by atoms with E-state index in [1.165, 1.54) is 31.3 Å². The van der Waals surface area contributed by atoms with Gasteiger partial charge in [0, 0.05) is 15.7 Å². The van der Waals surface area contributed by atoms with E-state index in [1.807, 2.05) is 25.1 Å². The Bertz CT molecular complexity index is 802. The van der Waals surface area contributed by atoms with Gasteiger partial charge in [-0.15, -0.1) is 0 Å². The van der Waals surface area contributed by atoms with E-state index in [2.05, 4.69) is 26.0 Å². The van der Waals surface area contributed by atoms with E-state index in [9.17, 15) is 13.2 Å².